The van der Waals surface area contributed by atoms with Crippen LogP contribution in [0.15, 0.2) is 110 Å². The molecule has 8 nitrogen and oxygen atoms in total. The number of benzene rings is 4. The minimum absolute atomic E-state index is 0.178. The van der Waals surface area contributed by atoms with Gasteiger partial charge in [0.1, 0.15) is 5.69 Å². The summed E-state index contributed by atoms with van der Waals surface area (Å²) in [5.41, 5.74) is 8.56. The number of hydrogen-bond donors (Lipinski definition) is 2. The number of fused-ring (bicyclic) bond motifs is 1. The number of unbranched alkanes of at least 4 members (excludes halogenated alkanes) is 1. The van der Waals surface area contributed by atoms with Gasteiger partial charge in [-0.15, -0.1) is 0 Å². The predicted molar refractivity (Wildman–Crippen MR) is 178 cm³/mol. The average molecular weight is 595 g/mol. The van der Waals surface area contributed by atoms with E-state index in [1.165, 1.54) is 17.3 Å². The molecule has 0 radical (unpaired) electrons. The lowest BCUT2D eigenvalue weighted by Gasteiger charge is -2.14. The van der Waals surface area contributed by atoms with Crippen molar-refractivity contribution >= 4 is 34.2 Å². The van der Waals surface area contributed by atoms with Gasteiger partial charge in [0, 0.05) is 23.8 Å². The highest BCUT2D eigenvalue weighted by atomic mass is 16.2. The molecule has 0 spiro atoms. The Morgan fingerprint density at radius 2 is 1.51 bits per heavy atom. The van der Waals surface area contributed by atoms with Crippen molar-refractivity contribution in [1.29, 1.82) is 0 Å². The third-order valence-corrected chi connectivity index (χ3v) is 7.91. The molecular weight excluding hydrogens is 560 g/mol. The lowest BCUT2D eigenvalue weighted by molar-refractivity contribution is 0.102. The fraction of sp³-hybridized carbons (Fsp3) is 0.162. The number of anilines is 2. The Labute approximate surface area is 262 Å². The Bertz CT molecular complexity index is 1970. The molecule has 4 aromatic carbocycles. The number of aromatic nitrogens is 4. The topological polar surface area (TPSA) is 102 Å². The molecule has 2 amide bonds. The maximum atomic E-state index is 13.4. The lowest BCUT2D eigenvalue weighted by Crippen LogP contribution is -2.20. The van der Waals surface area contributed by atoms with Gasteiger partial charge in [-0.25, -0.2) is 9.97 Å². The molecule has 224 valence electrons. The van der Waals surface area contributed by atoms with Gasteiger partial charge >= 0.3 is 0 Å². The van der Waals surface area contributed by atoms with Crippen LogP contribution in [0.5, 0.6) is 0 Å². The third-order valence-electron chi connectivity index (χ3n) is 7.91. The standard InChI is InChI=1S/C37H34N6O2/c1-25-20-31(34(21-26(25)2)42-37(45)35-23-39-32-12-5-6-13-33(32)41-35)36(44)40-29-16-14-27(15-17-29)8-3-4-9-28-10-7-11-30(22-28)43-19-18-38-24-43/h5-7,10-24H,3-4,8-9H2,1-2H3,(H,40,44)(H,42,45). The summed E-state index contributed by atoms with van der Waals surface area (Å²) in [5.74, 6) is -0.732. The Balaban J connectivity index is 1.06. The number of imidazole rings is 1. The van der Waals surface area contributed by atoms with E-state index in [0.717, 1.165) is 42.5 Å². The summed E-state index contributed by atoms with van der Waals surface area (Å²) in [6.45, 7) is 3.89. The SMILES string of the molecule is Cc1cc(NC(=O)c2cnc3ccccc3n2)c(C(=O)Nc2ccc(CCCCc3cccc(-n4ccnc4)c3)cc2)cc1C. The van der Waals surface area contributed by atoms with Crippen LogP contribution in [0.1, 0.15) is 55.9 Å². The van der Waals surface area contributed by atoms with E-state index >= 15 is 0 Å². The van der Waals surface area contributed by atoms with Gasteiger partial charge < -0.3 is 15.2 Å². The number of nitrogens with one attached hydrogen (secondary N) is 2. The van der Waals surface area contributed by atoms with Crippen molar-refractivity contribution in [2.45, 2.75) is 39.5 Å². The van der Waals surface area contributed by atoms with Gasteiger partial charge in [0.05, 0.1) is 34.8 Å². The fourth-order valence-electron chi connectivity index (χ4n) is 5.26. The quantitative estimate of drug-likeness (QED) is 0.160. The van der Waals surface area contributed by atoms with Gasteiger partial charge in [-0.3, -0.25) is 14.6 Å². The van der Waals surface area contributed by atoms with Crippen molar-refractivity contribution in [2.75, 3.05) is 10.6 Å². The number of nitrogens with zero attached hydrogens (tertiary/aromatic N) is 4. The second kappa shape index (κ2) is 13.3. The van der Waals surface area contributed by atoms with Crippen molar-refractivity contribution in [3.8, 4) is 5.69 Å². The molecule has 0 bridgehead atoms. The Morgan fingerprint density at radius 3 is 2.29 bits per heavy atom. The molecule has 2 N–H and O–H groups in total. The first-order valence-electron chi connectivity index (χ1n) is 15.0. The Kier molecular flexibility index (Phi) is 8.73. The van der Waals surface area contributed by atoms with Crippen LogP contribution in [0.3, 0.4) is 0 Å². The second-order valence-corrected chi connectivity index (χ2v) is 11.2. The molecule has 2 aromatic heterocycles. The highest BCUT2D eigenvalue weighted by Crippen LogP contribution is 2.24. The number of hydrogen-bond acceptors (Lipinski definition) is 5. The third kappa shape index (κ3) is 7.13. The van der Waals surface area contributed by atoms with Crippen LogP contribution < -0.4 is 10.6 Å². The maximum Gasteiger partial charge on any atom is 0.275 e. The molecule has 0 saturated carbocycles. The van der Waals surface area contributed by atoms with Crippen LogP contribution in [0.2, 0.25) is 0 Å². The summed E-state index contributed by atoms with van der Waals surface area (Å²) in [4.78, 5) is 39.5. The van der Waals surface area contributed by atoms with Crippen molar-refractivity contribution in [2.24, 2.45) is 0 Å². The molecular formula is C37H34N6O2. The summed E-state index contributed by atoms with van der Waals surface area (Å²) in [5, 5.41) is 5.87. The van der Waals surface area contributed by atoms with E-state index in [1.807, 2.05) is 73.4 Å². The Hall–Kier alpha value is -5.63. The van der Waals surface area contributed by atoms with Crippen molar-refractivity contribution in [3.63, 3.8) is 0 Å². The second-order valence-electron chi connectivity index (χ2n) is 11.2. The summed E-state index contributed by atoms with van der Waals surface area (Å²) in [7, 11) is 0. The molecule has 6 rings (SSSR count). The van der Waals surface area contributed by atoms with Crippen LogP contribution in [-0.4, -0.2) is 31.3 Å². The van der Waals surface area contributed by atoms with E-state index in [2.05, 4.69) is 62.0 Å². The summed E-state index contributed by atoms with van der Waals surface area (Å²) in [6.07, 6.45) is 11.1. The molecule has 2 heterocycles. The zero-order valence-electron chi connectivity index (χ0n) is 25.3. The number of para-hydroxylation sites is 2. The maximum absolute atomic E-state index is 13.4. The van der Waals surface area contributed by atoms with Crippen LogP contribution in [0.4, 0.5) is 11.4 Å². The minimum atomic E-state index is -0.430. The van der Waals surface area contributed by atoms with Gasteiger partial charge in [-0.05, 0) is 110 Å². The molecule has 0 saturated heterocycles. The largest absolute Gasteiger partial charge is 0.322 e. The van der Waals surface area contributed by atoms with Crippen LogP contribution in [0, 0.1) is 13.8 Å². The van der Waals surface area contributed by atoms with Crippen LogP contribution in [0.25, 0.3) is 16.7 Å². The summed E-state index contributed by atoms with van der Waals surface area (Å²) >= 11 is 0. The zero-order valence-corrected chi connectivity index (χ0v) is 25.3. The fourth-order valence-corrected chi connectivity index (χ4v) is 5.26. The van der Waals surface area contributed by atoms with Gasteiger partial charge in [-0.1, -0.05) is 36.4 Å². The van der Waals surface area contributed by atoms with Crippen molar-refractivity contribution < 1.29 is 9.59 Å². The molecule has 0 aliphatic carbocycles. The molecule has 45 heavy (non-hydrogen) atoms. The number of aryl methyl sites for hydroxylation is 4. The lowest BCUT2D eigenvalue weighted by atomic mass is 10.0. The van der Waals surface area contributed by atoms with Crippen molar-refractivity contribution in [1.82, 2.24) is 19.5 Å². The van der Waals surface area contributed by atoms with E-state index in [-0.39, 0.29) is 11.6 Å². The van der Waals surface area contributed by atoms with E-state index in [9.17, 15) is 9.59 Å². The van der Waals surface area contributed by atoms with Gasteiger partial charge in [0.25, 0.3) is 11.8 Å². The number of carbonyl (C=O) groups excluding carboxylic acids is 2. The monoisotopic (exact) mass is 594 g/mol. The first-order chi connectivity index (χ1) is 21.9. The number of amides is 2. The smallest absolute Gasteiger partial charge is 0.275 e. The molecule has 0 unspecified atom stereocenters. The number of rotatable bonds is 10. The zero-order chi connectivity index (χ0) is 31.2. The first-order valence-corrected chi connectivity index (χ1v) is 15.0. The van der Waals surface area contributed by atoms with E-state index < -0.39 is 5.91 Å². The molecule has 0 fully saturated rings. The first kappa shape index (κ1) is 29.4. The van der Waals surface area contributed by atoms with Gasteiger partial charge in [-0.2, -0.15) is 0 Å². The predicted octanol–water partition coefficient (Wildman–Crippen LogP) is 7.50. The molecule has 8 heteroatoms. The average Bonchev–Trinajstić information content (AvgIpc) is 3.61. The van der Waals surface area contributed by atoms with Crippen LogP contribution >= 0.6 is 0 Å². The van der Waals surface area contributed by atoms with Crippen molar-refractivity contribution in [3.05, 3.63) is 143 Å². The highest BCUT2D eigenvalue weighted by molar-refractivity contribution is 6.12. The van der Waals surface area contributed by atoms with E-state index in [1.54, 1.807) is 12.3 Å². The molecule has 0 aliphatic heterocycles. The molecule has 0 aliphatic rings. The molecule has 0 atom stereocenters. The van der Waals surface area contributed by atoms with E-state index in [0.29, 0.717) is 28.0 Å². The van der Waals surface area contributed by atoms with Gasteiger partial charge in [0.2, 0.25) is 0 Å². The normalized spacial score (nSPS) is 11.0. The van der Waals surface area contributed by atoms with E-state index in [4.69, 9.17) is 0 Å². The summed E-state index contributed by atoms with van der Waals surface area (Å²) < 4.78 is 2.02. The number of carbonyl (C=O) groups is 2. The minimum Gasteiger partial charge on any atom is -0.322 e. The Morgan fingerprint density at radius 1 is 0.756 bits per heavy atom. The summed E-state index contributed by atoms with van der Waals surface area (Å²) in [6, 6.07) is 27.5. The van der Waals surface area contributed by atoms with Gasteiger partial charge in [0.15, 0.2) is 0 Å². The highest BCUT2D eigenvalue weighted by Gasteiger charge is 2.18. The molecule has 6 aromatic rings. The van der Waals surface area contributed by atoms with Crippen LogP contribution in [-0.2, 0) is 12.8 Å².